The molecule has 266 valence electrons. The monoisotopic (exact) mass is 683 g/mol. The van der Waals surface area contributed by atoms with E-state index in [9.17, 15) is 24.3 Å². The normalized spacial score (nSPS) is 28.3. The summed E-state index contributed by atoms with van der Waals surface area (Å²) >= 11 is 0. The van der Waals surface area contributed by atoms with E-state index in [2.05, 4.69) is 20.9 Å². The van der Waals surface area contributed by atoms with Crippen molar-refractivity contribution in [2.45, 2.75) is 86.6 Å². The fourth-order valence-corrected chi connectivity index (χ4v) is 8.56. The van der Waals surface area contributed by atoms with Gasteiger partial charge in [-0.1, -0.05) is 6.07 Å². The lowest BCUT2D eigenvalue weighted by Crippen LogP contribution is -2.74. The van der Waals surface area contributed by atoms with Crippen molar-refractivity contribution < 1.29 is 43.6 Å². The average Bonchev–Trinajstić information content (AvgIpc) is 3.67. The maximum atomic E-state index is 13.8. The Labute approximate surface area is 283 Å². The lowest BCUT2D eigenvalue weighted by Gasteiger charge is -2.61. The van der Waals surface area contributed by atoms with Crippen LogP contribution in [0.25, 0.3) is 0 Å². The van der Waals surface area contributed by atoms with Crippen molar-refractivity contribution in [2.75, 3.05) is 40.3 Å². The van der Waals surface area contributed by atoms with Crippen LogP contribution in [0, 0.1) is 5.41 Å². The van der Waals surface area contributed by atoms with Crippen LogP contribution >= 0.6 is 0 Å². The van der Waals surface area contributed by atoms with E-state index in [0.29, 0.717) is 55.9 Å². The molecule has 6 atom stereocenters. The standard InChI is InChI=1S/C33H45N7O9/c1-39-14-11-32-26-18-7-8-21(47-2)27(26)49-28(32)22(9-10-33(32,46)23(39)15-18)48-31(45)40-13-4-5-19(40)17-37-29(44)20(6-3-12-36-30(34)35)38-24(41)16-25(42)43/h7-9,19-20,23,28,46H,3-6,10-17H2,1-2H3,(H,37,44)(H,38,41)(H,42,43)(H4,34,35,36)/t19?,20-,23+,28-,32-,33+/m0/s1. The number of methoxy groups -OCH3 is 1. The number of likely N-dealkylation sites (tertiary alicyclic amines) is 2. The summed E-state index contributed by atoms with van der Waals surface area (Å²) in [4.78, 5) is 53.9. The third-order valence-electron chi connectivity index (χ3n) is 10.8. The molecule has 5 aliphatic rings. The fourth-order valence-electron chi connectivity index (χ4n) is 8.56. The summed E-state index contributed by atoms with van der Waals surface area (Å²) in [5.74, 6) is -1.38. The van der Waals surface area contributed by atoms with E-state index >= 15 is 0 Å². The number of nitrogens with one attached hydrogen (secondary N) is 4. The Morgan fingerprint density at radius 3 is 2.76 bits per heavy atom. The number of nitrogens with two attached hydrogens (primary N) is 1. The Kier molecular flexibility index (Phi) is 9.37. The number of amides is 3. The highest BCUT2D eigenvalue weighted by molar-refractivity contribution is 5.96. The molecule has 1 aromatic carbocycles. The van der Waals surface area contributed by atoms with E-state index in [0.717, 1.165) is 17.7 Å². The molecule has 3 heterocycles. The number of guanidine groups is 1. The summed E-state index contributed by atoms with van der Waals surface area (Å²) in [6.45, 7) is 1.52. The number of ether oxygens (including phenoxy) is 3. The Morgan fingerprint density at radius 2 is 2.02 bits per heavy atom. The quantitative estimate of drug-likeness (QED) is 0.0664. The molecular weight excluding hydrogens is 638 g/mol. The van der Waals surface area contributed by atoms with E-state index in [1.165, 1.54) is 0 Å². The van der Waals surface area contributed by atoms with Crippen molar-refractivity contribution in [2.24, 2.45) is 5.73 Å². The Balaban J connectivity index is 1.15. The number of carboxylic acids is 1. The second-order valence-corrected chi connectivity index (χ2v) is 13.6. The first kappa shape index (κ1) is 34.3. The van der Waals surface area contributed by atoms with Gasteiger partial charge in [0, 0.05) is 37.7 Å². The molecule has 1 aromatic rings. The number of nitrogens with zero attached hydrogens (tertiary/aromatic N) is 2. The van der Waals surface area contributed by atoms with Crippen LogP contribution < -0.4 is 31.2 Å². The molecule has 6 rings (SSSR count). The highest BCUT2D eigenvalue weighted by atomic mass is 16.6. The largest absolute Gasteiger partial charge is 0.493 e. The van der Waals surface area contributed by atoms with Gasteiger partial charge >= 0.3 is 12.1 Å². The number of aliphatic carboxylic acids is 1. The summed E-state index contributed by atoms with van der Waals surface area (Å²) in [5, 5.41) is 36.6. The summed E-state index contributed by atoms with van der Waals surface area (Å²) in [5.41, 5.74) is 5.39. The molecule has 16 nitrogen and oxygen atoms in total. The Hall–Kier alpha value is -4.57. The van der Waals surface area contributed by atoms with E-state index in [1.807, 2.05) is 19.2 Å². The number of benzene rings is 1. The van der Waals surface area contributed by atoms with Gasteiger partial charge in [0.05, 0.1) is 24.2 Å². The van der Waals surface area contributed by atoms with Gasteiger partial charge in [-0.3, -0.25) is 19.8 Å². The first-order valence-electron chi connectivity index (χ1n) is 16.7. The lowest BCUT2D eigenvalue weighted by molar-refractivity contribution is -0.163. The zero-order chi connectivity index (χ0) is 35.1. The maximum Gasteiger partial charge on any atom is 0.415 e. The van der Waals surface area contributed by atoms with E-state index in [-0.39, 0.29) is 44.0 Å². The SMILES string of the molecule is COc1ccc2c3c1O[C@H]1C(OC(=O)N4CCCC4CNC(=O)[C@H](CCCNC(=N)N)NC(=O)CC(=O)O)=CC[C@@]4(O)[C@@H](C2)N(C)CC[C@]314. The third kappa shape index (κ3) is 6.00. The summed E-state index contributed by atoms with van der Waals surface area (Å²) in [6.07, 6.45) is 3.07. The first-order chi connectivity index (χ1) is 23.4. The van der Waals surface area contributed by atoms with Gasteiger partial charge in [0.15, 0.2) is 23.6 Å². The minimum atomic E-state index is -1.32. The van der Waals surface area contributed by atoms with Gasteiger partial charge in [-0.15, -0.1) is 0 Å². The van der Waals surface area contributed by atoms with Crippen LogP contribution in [0.1, 0.15) is 56.1 Å². The number of likely N-dealkylation sites (N-methyl/N-ethyl adjacent to an activating group) is 1. The number of hydrogen-bond donors (Lipinski definition) is 7. The minimum absolute atomic E-state index is 0.0909. The van der Waals surface area contributed by atoms with E-state index in [1.54, 1.807) is 18.1 Å². The highest BCUT2D eigenvalue weighted by Gasteiger charge is 2.72. The molecule has 2 saturated heterocycles. The first-order valence-corrected chi connectivity index (χ1v) is 16.7. The van der Waals surface area contributed by atoms with Crippen LogP contribution in [0.3, 0.4) is 0 Å². The van der Waals surface area contributed by atoms with Crippen LogP contribution in [0.4, 0.5) is 4.79 Å². The summed E-state index contributed by atoms with van der Waals surface area (Å²) in [7, 11) is 3.61. The number of piperidine rings is 1. The molecule has 16 heteroatoms. The molecule has 2 fully saturated rings. The lowest BCUT2D eigenvalue weighted by atomic mass is 9.50. The van der Waals surface area contributed by atoms with Crippen molar-refractivity contribution in [3.63, 3.8) is 0 Å². The van der Waals surface area contributed by atoms with Crippen molar-refractivity contribution in [3.8, 4) is 11.5 Å². The molecule has 3 aliphatic heterocycles. The van der Waals surface area contributed by atoms with Gasteiger partial charge < -0.3 is 55.9 Å². The van der Waals surface area contributed by atoms with Crippen LogP contribution in [-0.4, -0.2) is 120 Å². The number of carbonyl (C=O) groups excluding carboxylic acids is 3. The fraction of sp³-hybridized carbons (Fsp3) is 0.606. The van der Waals surface area contributed by atoms with E-state index < -0.39 is 53.5 Å². The molecule has 8 N–H and O–H groups in total. The molecule has 1 spiro atoms. The molecular formula is C33H45N7O9. The van der Waals surface area contributed by atoms with Crippen LogP contribution in [-0.2, 0) is 31.0 Å². The van der Waals surface area contributed by atoms with E-state index in [4.69, 9.17) is 30.5 Å². The summed E-state index contributed by atoms with van der Waals surface area (Å²) < 4.78 is 18.4. The van der Waals surface area contributed by atoms with Crippen molar-refractivity contribution in [3.05, 3.63) is 35.1 Å². The van der Waals surface area contributed by atoms with Crippen LogP contribution in [0.5, 0.6) is 11.5 Å². The van der Waals surface area contributed by atoms with Gasteiger partial charge in [0.1, 0.15) is 18.2 Å². The molecule has 0 aromatic heterocycles. The van der Waals surface area contributed by atoms with Gasteiger partial charge in [-0.2, -0.15) is 0 Å². The number of aliphatic hydroxyl groups is 1. The zero-order valence-corrected chi connectivity index (χ0v) is 27.8. The average molecular weight is 684 g/mol. The molecule has 1 unspecified atom stereocenters. The van der Waals surface area contributed by atoms with Gasteiger partial charge in [-0.05, 0) is 69.8 Å². The van der Waals surface area contributed by atoms with Gasteiger partial charge in [-0.25, -0.2) is 4.79 Å². The topological polar surface area (TPSA) is 229 Å². The molecule has 0 saturated carbocycles. The number of carbonyl (C=O) groups is 4. The second-order valence-electron chi connectivity index (χ2n) is 13.6. The predicted molar refractivity (Wildman–Crippen MR) is 174 cm³/mol. The number of hydrogen-bond acceptors (Lipinski definition) is 10. The predicted octanol–water partition coefficient (Wildman–Crippen LogP) is -0.0871. The van der Waals surface area contributed by atoms with Gasteiger partial charge in [0.25, 0.3) is 0 Å². The number of rotatable bonds is 12. The minimum Gasteiger partial charge on any atom is -0.493 e. The van der Waals surface area contributed by atoms with Crippen LogP contribution in [0.2, 0.25) is 0 Å². The van der Waals surface area contributed by atoms with Crippen LogP contribution in [0.15, 0.2) is 24.0 Å². The summed E-state index contributed by atoms with van der Waals surface area (Å²) in [6, 6.07) is 2.37. The molecule has 2 bridgehead atoms. The maximum absolute atomic E-state index is 13.8. The molecule has 0 radical (unpaired) electrons. The second kappa shape index (κ2) is 13.4. The smallest absolute Gasteiger partial charge is 0.415 e. The van der Waals surface area contributed by atoms with Crippen molar-refractivity contribution in [1.29, 1.82) is 5.41 Å². The van der Waals surface area contributed by atoms with Crippen molar-refractivity contribution >= 4 is 29.8 Å². The zero-order valence-electron chi connectivity index (χ0n) is 27.8. The Bertz CT molecular complexity index is 1570. The highest BCUT2D eigenvalue weighted by Crippen LogP contribution is 2.65. The Morgan fingerprint density at radius 1 is 1.22 bits per heavy atom. The molecule has 49 heavy (non-hydrogen) atoms. The number of carboxylic acid groups (broad SMARTS) is 1. The molecule has 2 aliphatic carbocycles. The molecule has 3 amide bonds. The van der Waals surface area contributed by atoms with Crippen molar-refractivity contribution in [1.82, 2.24) is 25.8 Å². The third-order valence-corrected chi connectivity index (χ3v) is 10.8. The van der Waals surface area contributed by atoms with Gasteiger partial charge in [0.2, 0.25) is 11.8 Å².